The van der Waals surface area contributed by atoms with Gasteiger partial charge in [-0.2, -0.15) is 4.31 Å². The van der Waals surface area contributed by atoms with Crippen molar-refractivity contribution < 1.29 is 17.6 Å². The van der Waals surface area contributed by atoms with Crippen LogP contribution >= 0.6 is 11.6 Å². The summed E-state index contributed by atoms with van der Waals surface area (Å²) in [5.74, 6) is -0.439. The van der Waals surface area contributed by atoms with Gasteiger partial charge in [-0.15, -0.1) is 0 Å². The zero-order chi connectivity index (χ0) is 22.6. The Hall–Kier alpha value is -2.16. The third-order valence-electron chi connectivity index (χ3n) is 5.55. The number of anilines is 1. The lowest BCUT2D eigenvalue weighted by atomic mass is 10.1. The first kappa shape index (κ1) is 23.5. The van der Waals surface area contributed by atoms with E-state index in [1.807, 2.05) is 0 Å². The van der Waals surface area contributed by atoms with Crippen LogP contribution in [0.5, 0.6) is 0 Å². The molecule has 1 atom stereocenters. The molecule has 0 bridgehead atoms. The first-order chi connectivity index (χ1) is 14.8. The van der Waals surface area contributed by atoms with E-state index in [0.29, 0.717) is 19.6 Å². The molecule has 1 unspecified atom stereocenters. The molecular weight excluding hydrogens is 441 g/mol. The maximum atomic E-state index is 13.1. The Kier molecular flexibility index (Phi) is 7.56. The third kappa shape index (κ3) is 5.37. The minimum absolute atomic E-state index is 0.0501. The van der Waals surface area contributed by atoms with E-state index in [1.54, 1.807) is 26.0 Å². The van der Waals surface area contributed by atoms with Gasteiger partial charge in [0.1, 0.15) is 5.82 Å². The molecule has 168 valence electrons. The fraction of sp³-hybridized carbons (Fsp3) is 0.409. The SMILES string of the molecule is CCN(CC)S(=O)(=O)c1ccc(Cl)c(C(=O)NCC2CCN(c3ccc(F)cc3)C2)c1. The Labute approximate surface area is 188 Å². The average molecular weight is 468 g/mol. The van der Waals surface area contributed by atoms with E-state index in [2.05, 4.69) is 10.2 Å². The smallest absolute Gasteiger partial charge is 0.252 e. The van der Waals surface area contributed by atoms with Gasteiger partial charge in [0.15, 0.2) is 0 Å². The van der Waals surface area contributed by atoms with Crippen molar-refractivity contribution in [3.05, 3.63) is 58.9 Å². The maximum absolute atomic E-state index is 13.1. The summed E-state index contributed by atoms with van der Waals surface area (Å²) in [4.78, 5) is 14.9. The van der Waals surface area contributed by atoms with Crippen molar-refractivity contribution in [1.82, 2.24) is 9.62 Å². The second kappa shape index (κ2) is 9.97. The van der Waals surface area contributed by atoms with Crippen LogP contribution in [0, 0.1) is 11.7 Å². The van der Waals surface area contributed by atoms with Crippen LogP contribution in [0.1, 0.15) is 30.6 Å². The molecule has 1 saturated heterocycles. The fourth-order valence-corrected chi connectivity index (χ4v) is 5.46. The van der Waals surface area contributed by atoms with E-state index >= 15 is 0 Å². The van der Waals surface area contributed by atoms with Crippen LogP contribution in [0.2, 0.25) is 5.02 Å². The molecular formula is C22H27ClFN3O3S. The van der Waals surface area contributed by atoms with Crippen LogP contribution in [-0.4, -0.2) is 51.4 Å². The number of halogens is 2. The molecule has 1 aliphatic heterocycles. The number of nitrogens with zero attached hydrogens (tertiary/aromatic N) is 2. The molecule has 2 aromatic carbocycles. The Morgan fingerprint density at radius 3 is 2.52 bits per heavy atom. The zero-order valence-electron chi connectivity index (χ0n) is 17.6. The van der Waals surface area contributed by atoms with Crippen molar-refractivity contribution in [2.45, 2.75) is 25.2 Å². The third-order valence-corrected chi connectivity index (χ3v) is 7.93. The number of carbonyl (C=O) groups excluding carboxylic acids is 1. The molecule has 9 heteroatoms. The van der Waals surface area contributed by atoms with E-state index in [1.165, 1.54) is 34.6 Å². The summed E-state index contributed by atoms with van der Waals surface area (Å²) in [5, 5.41) is 3.08. The number of sulfonamides is 1. The number of hydrogen-bond acceptors (Lipinski definition) is 4. The summed E-state index contributed by atoms with van der Waals surface area (Å²) < 4.78 is 40.0. The monoisotopic (exact) mass is 467 g/mol. The molecule has 1 fully saturated rings. The van der Waals surface area contributed by atoms with Crippen molar-refractivity contribution in [3.63, 3.8) is 0 Å². The van der Waals surface area contributed by atoms with Crippen LogP contribution < -0.4 is 10.2 Å². The first-order valence-corrected chi connectivity index (χ1v) is 12.2. The Balaban J connectivity index is 1.65. The van der Waals surface area contributed by atoms with E-state index < -0.39 is 15.9 Å². The summed E-state index contributed by atoms with van der Waals surface area (Å²) in [6.07, 6.45) is 0.891. The second-order valence-corrected chi connectivity index (χ2v) is 9.86. The summed E-state index contributed by atoms with van der Waals surface area (Å²) in [7, 11) is -3.68. The number of benzene rings is 2. The molecule has 31 heavy (non-hydrogen) atoms. The van der Waals surface area contributed by atoms with Crippen molar-refractivity contribution in [1.29, 1.82) is 0 Å². The van der Waals surface area contributed by atoms with Gasteiger partial charge in [0.2, 0.25) is 10.0 Å². The predicted octanol–water partition coefficient (Wildman–Crippen LogP) is 3.77. The van der Waals surface area contributed by atoms with Crippen LogP contribution in [0.3, 0.4) is 0 Å². The van der Waals surface area contributed by atoms with Crippen LogP contribution in [-0.2, 0) is 10.0 Å². The Bertz CT molecular complexity index is 1030. The molecule has 6 nitrogen and oxygen atoms in total. The van der Waals surface area contributed by atoms with E-state index in [0.717, 1.165) is 25.2 Å². The quantitative estimate of drug-likeness (QED) is 0.641. The first-order valence-electron chi connectivity index (χ1n) is 10.3. The van der Waals surface area contributed by atoms with Crippen molar-refractivity contribution in [3.8, 4) is 0 Å². The Morgan fingerprint density at radius 1 is 1.19 bits per heavy atom. The van der Waals surface area contributed by atoms with Gasteiger partial charge < -0.3 is 10.2 Å². The van der Waals surface area contributed by atoms with Gasteiger partial charge in [0.05, 0.1) is 15.5 Å². The van der Waals surface area contributed by atoms with Gasteiger partial charge in [-0.1, -0.05) is 25.4 Å². The van der Waals surface area contributed by atoms with Crippen LogP contribution in [0.15, 0.2) is 47.4 Å². The van der Waals surface area contributed by atoms with Gasteiger partial charge in [0, 0.05) is 38.4 Å². The normalized spacial score (nSPS) is 16.7. The van der Waals surface area contributed by atoms with Gasteiger partial charge in [0.25, 0.3) is 5.91 Å². The largest absolute Gasteiger partial charge is 0.371 e. The lowest BCUT2D eigenvalue weighted by Crippen LogP contribution is -2.32. The van der Waals surface area contributed by atoms with E-state index in [4.69, 9.17) is 11.6 Å². The topological polar surface area (TPSA) is 69.7 Å². The average Bonchev–Trinajstić information content (AvgIpc) is 3.22. The highest BCUT2D eigenvalue weighted by Gasteiger charge is 2.26. The van der Waals surface area contributed by atoms with Crippen LogP contribution in [0.25, 0.3) is 0 Å². The zero-order valence-corrected chi connectivity index (χ0v) is 19.2. The second-order valence-electron chi connectivity index (χ2n) is 7.52. The maximum Gasteiger partial charge on any atom is 0.252 e. The van der Waals surface area contributed by atoms with E-state index in [9.17, 15) is 17.6 Å². The van der Waals surface area contributed by atoms with Crippen molar-refractivity contribution >= 4 is 33.2 Å². The van der Waals surface area contributed by atoms with Gasteiger partial charge in [-0.05, 0) is 54.8 Å². The van der Waals surface area contributed by atoms with Gasteiger partial charge >= 0.3 is 0 Å². The number of amides is 1. The minimum Gasteiger partial charge on any atom is -0.371 e. The molecule has 0 spiro atoms. The van der Waals surface area contributed by atoms with Crippen molar-refractivity contribution in [2.75, 3.05) is 37.6 Å². The number of hydrogen-bond donors (Lipinski definition) is 1. The number of nitrogens with one attached hydrogen (secondary N) is 1. The summed E-state index contributed by atoms with van der Waals surface area (Å²) in [6, 6.07) is 10.6. The fourth-order valence-electron chi connectivity index (χ4n) is 3.77. The molecule has 2 aromatic rings. The van der Waals surface area contributed by atoms with Crippen LogP contribution in [0.4, 0.5) is 10.1 Å². The summed E-state index contributed by atoms with van der Waals surface area (Å²) in [5.41, 5.74) is 1.09. The van der Waals surface area contributed by atoms with Crippen molar-refractivity contribution in [2.24, 2.45) is 5.92 Å². The summed E-state index contributed by atoms with van der Waals surface area (Å²) >= 11 is 6.19. The summed E-state index contributed by atoms with van der Waals surface area (Å²) in [6.45, 7) is 6.23. The minimum atomic E-state index is -3.68. The highest BCUT2D eigenvalue weighted by atomic mass is 35.5. The standard InChI is InChI=1S/C22H27ClFN3O3S/c1-3-27(4-2)31(29,30)19-9-10-21(23)20(13-19)22(28)25-14-16-11-12-26(15-16)18-7-5-17(24)6-8-18/h5-10,13,16H,3-4,11-12,14-15H2,1-2H3,(H,25,28). The molecule has 1 amide bonds. The molecule has 0 aliphatic carbocycles. The molecule has 0 aromatic heterocycles. The molecule has 1 heterocycles. The molecule has 3 rings (SSSR count). The molecule has 0 radical (unpaired) electrons. The number of carbonyl (C=O) groups is 1. The Morgan fingerprint density at radius 2 is 1.87 bits per heavy atom. The highest BCUT2D eigenvalue weighted by molar-refractivity contribution is 7.89. The lowest BCUT2D eigenvalue weighted by molar-refractivity contribution is 0.0948. The van der Waals surface area contributed by atoms with Gasteiger partial charge in [-0.3, -0.25) is 4.79 Å². The molecule has 0 saturated carbocycles. The van der Waals surface area contributed by atoms with Gasteiger partial charge in [-0.25, -0.2) is 12.8 Å². The number of rotatable bonds is 8. The van der Waals surface area contributed by atoms with E-state index in [-0.39, 0.29) is 27.2 Å². The highest BCUT2D eigenvalue weighted by Crippen LogP contribution is 2.25. The predicted molar refractivity (Wildman–Crippen MR) is 121 cm³/mol. The molecule has 1 aliphatic rings. The lowest BCUT2D eigenvalue weighted by Gasteiger charge is -2.20. The molecule has 1 N–H and O–H groups in total.